The molecule has 0 heterocycles. The van der Waals surface area contributed by atoms with Gasteiger partial charge in [-0.3, -0.25) is 0 Å². The molecule has 5 heteroatoms. The van der Waals surface area contributed by atoms with Gasteiger partial charge in [0.1, 0.15) is 5.82 Å². The van der Waals surface area contributed by atoms with Crippen LogP contribution in [0.5, 0.6) is 0 Å². The number of benzene rings is 1. The lowest BCUT2D eigenvalue weighted by Crippen LogP contribution is -2.49. The van der Waals surface area contributed by atoms with Gasteiger partial charge >= 0.3 is 6.03 Å². The minimum absolute atomic E-state index is 0.229. The lowest BCUT2D eigenvalue weighted by atomic mass is 9.88. The van der Waals surface area contributed by atoms with E-state index in [9.17, 15) is 9.18 Å². The van der Waals surface area contributed by atoms with E-state index in [-0.39, 0.29) is 11.8 Å². The number of methoxy groups -OCH3 is 1. The van der Waals surface area contributed by atoms with E-state index in [0.29, 0.717) is 13.2 Å². The normalized spacial score (nSPS) is 16.9. The van der Waals surface area contributed by atoms with Crippen molar-refractivity contribution < 1.29 is 13.9 Å². The van der Waals surface area contributed by atoms with Gasteiger partial charge in [-0.05, 0) is 30.5 Å². The van der Waals surface area contributed by atoms with Gasteiger partial charge in [-0.1, -0.05) is 25.0 Å². The molecule has 1 fully saturated rings. The summed E-state index contributed by atoms with van der Waals surface area (Å²) in [7, 11) is 1.59. The molecule has 0 spiro atoms. The molecule has 0 aromatic heterocycles. The van der Waals surface area contributed by atoms with Gasteiger partial charge in [-0.15, -0.1) is 0 Å². The minimum atomic E-state index is -0.445. The first kappa shape index (κ1) is 14.8. The Labute approximate surface area is 118 Å². The van der Waals surface area contributed by atoms with Crippen molar-refractivity contribution in [2.75, 3.05) is 20.3 Å². The molecule has 0 atom stereocenters. The van der Waals surface area contributed by atoms with Gasteiger partial charge in [0.25, 0.3) is 0 Å². The number of hydrogen-bond donors (Lipinski definition) is 2. The zero-order valence-corrected chi connectivity index (χ0v) is 11.7. The van der Waals surface area contributed by atoms with Crippen molar-refractivity contribution in [3.8, 4) is 0 Å². The molecule has 1 aromatic rings. The van der Waals surface area contributed by atoms with Crippen LogP contribution in [0.15, 0.2) is 24.3 Å². The van der Waals surface area contributed by atoms with Crippen molar-refractivity contribution in [2.24, 2.45) is 0 Å². The Morgan fingerprint density at radius 3 is 2.80 bits per heavy atom. The first-order chi connectivity index (χ1) is 9.66. The quantitative estimate of drug-likeness (QED) is 0.814. The summed E-state index contributed by atoms with van der Waals surface area (Å²) >= 11 is 0. The largest absolute Gasteiger partial charge is 0.383 e. The van der Waals surface area contributed by atoms with Crippen LogP contribution in [0.4, 0.5) is 9.18 Å². The molecule has 1 aliphatic carbocycles. The summed E-state index contributed by atoms with van der Waals surface area (Å²) in [4.78, 5) is 12.0. The predicted molar refractivity (Wildman–Crippen MR) is 75.0 cm³/mol. The Balaban J connectivity index is 2.08. The van der Waals surface area contributed by atoms with Crippen LogP contribution >= 0.6 is 0 Å². The fourth-order valence-electron chi connectivity index (χ4n) is 2.78. The molecule has 1 aromatic carbocycles. The molecule has 2 N–H and O–H groups in total. The van der Waals surface area contributed by atoms with Crippen molar-refractivity contribution in [3.05, 3.63) is 35.6 Å². The maximum atomic E-state index is 13.4. The van der Waals surface area contributed by atoms with E-state index < -0.39 is 5.54 Å². The SMILES string of the molecule is COCCNC(=O)NC1(c2cccc(F)c2)CCCC1. The summed E-state index contributed by atoms with van der Waals surface area (Å²) in [5, 5.41) is 5.77. The third kappa shape index (κ3) is 3.48. The van der Waals surface area contributed by atoms with Gasteiger partial charge in [0, 0.05) is 13.7 Å². The maximum Gasteiger partial charge on any atom is 0.315 e. The summed E-state index contributed by atoms with van der Waals surface area (Å²) in [6.07, 6.45) is 3.76. The van der Waals surface area contributed by atoms with Gasteiger partial charge < -0.3 is 15.4 Å². The smallest absolute Gasteiger partial charge is 0.315 e. The summed E-state index contributed by atoms with van der Waals surface area (Å²) in [5.41, 5.74) is 0.399. The third-order valence-electron chi connectivity index (χ3n) is 3.78. The molecule has 20 heavy (non-hydrogen) atoms. The number of ether oxygens (including phenoxy) is 1. The van der Waals surface area contributed by atoms with Crippen LogP contribution in [-0.2, 0) is 10.3 Å². The predicted octanol–water partition coefficient (Wildman–Crippen LogP) is 2.54. The van der Waals surface area contributed by atoms with Crippen molar-refractivity contribution in [2.45, 2.75) is 31.2 Å². The first-order valence-electron chi connectivity index (χ1n) is 6.97. The molecule has 2 rings (SSSR count). The Morgan fingerprint density at radius 2 is 2.15 bits per heavy atom. The minimum Gasteiger partial charge on any atom is -0.383 e. The van der Waals surface area contributed by atoms with Crippen LogP contribution in [0.3, 0.4) is 0 Å². The molecule has 0 saturated heterocycles. The first-order valence-corrected chi connectivity index (χ1v) is 6.97. The molecule has 110 valence electrons. The number of nitrogens with one attached hydrogen (secondary N) is 2. The fraction of sp³-hybridized carbons (Fsp3) is 0.533. The van der Waals surface area contributed by atoms with Crippen LogP contribution in [0.2, 0.25) is 0 Å². The van der Waals surface area contributed by atoms with Crippen molar-refractivity contribution in [1.29, 1.82) is 0 Å². The van der Waals surface area contributed by atoms with E-state index >= 15 is 0 Å². The zero-order valence-electron chi connectivity index (χ0n) is 11.7. The number of urea groups is 1. The van der Waals surface area contributed by atoms with Crippen molar-refractivity contribution in [3.63, 3.8) is 0 Å². The summed E-state index contributed by atoms with van der Waals surface area (Å²) in [5.74, 6) is -0.268. The van der Waals surface area contributed by atoms with E-state index in [2.05, 4.69) is 10.6 Å². The Bertz CT molecular complexity index is 459. The van der Waals surface area contributed by atoms with Gasteiger partial charge in [-0.25, -0.2) is 9.18 Å². The average Bonchev–Trinajstić information content (AvgIpc) is 2.89. The molecule has 2 amide bonds. The van der Waals surface area contributed by atoms with E-state index in [4.69, 9.17) is 4.74 Å². The second-order valence-corrected chi connectivity index (χ2v) is 5.17. The third-order valence-corrected chi connectivity index (χ3v) is 3.78. The molecule has 0 radical (unpaired) electrons. The Kier molecular flexibility index (Phi) is 4.95. The van der Waals surface area contributed by atoms with E-state index in [1.807, 2.05) is 6.07 Å². The second-order valence-electron chi connectivity index (χ2n) is 5.17. The second kappa shape index (κ2) is 6.70. The van der Waals surface area contributed by atoms with Gasteiger partial charge in [0.05, 0.1) is 12.1 Å². The van der Waals surface area contributed by atoms with Crippen molar-refractivity contribution in [1.82, 2.24) is 10.6 Å². The molecule has 1 saturated carbocycles. The van der Waals surface area contributed by atoms with Crippen LogP contribution in [0.25, 0.3) is 0 Å². The Hall–Kier alpha value is -1.62. The lowest BCUT2D eigenvalue weighted by Gasteiger charge is -2.31. The number of amides is 2. The van der Waals surface area contributed by atoms with Crippen molar-refractivity contribution >= 4 is 6.03 Å². The standard InChI is InChI=1S/C15H21FN2O2/c1-20-10-9-17-14(19)18-15(7-2-3-8-15)12-5-4-6-13(16)11-12/h4-6,11H,2-3,7-10H2,1H3,(H2,17,18,19). The monoisotopic (exact) mass is 280 g/mol. The molecule has 4 nitrogen and oxygen atoms in total. The number of carbonyl (C=O) groups excluding carboxylic acids is 1. The highest BCUT2D eigenvalue weighted by Crippen LogP contribution is 2.38. The van der Waals surface area contributed by atoms with Crippen LogP contribution < -0.4 is 10.6 Å². The molecular formula is C15H21FN2O2. The van der Waals surface area contributed by atoms with Crippen LogP contribution in [-0.4, -0.2) is 26.3 Å². The molecular weight excluding hydrogens is 259 g/mol. The average molecular weight is 280 g/mol. The maximum absolute atomic E-state index is 13.4. The summed E-state index contributed by atoms with van der Waals surface area (Å²) in [6.45, 7) is 0.932. The number of halogens is 1. The highest BCUT2D eigenvalue weighted by Gasteiger charge is 2.37. The molecule has 1 aliphatic rings. The Morgan fingerprint density at radius 1 is 1.40 bits per heavy atom. The van der Waals surface area contributed by atoms with Crippen LogP contribution in [0.1, 0.15) is 31.2 Å². The number of carbonyl (C=O) groups is 1. The highest BCUT2D eigenvalue weighted by atomic mass is 19.1. The molecule has 0 bridgehead atoms. The number of hydrogen-bond acceptors (Lipinski definition) is 2. The molecule has 0 unspecified atom stereocenters. The molecule has 0 aliphatic heterocycles. The zero-order chi connectivity index (χ0) is 14.4. The fourth-order valence-corrected chi connectivity index (χ4v) is 2.78. The van der Waals surface area contributed by atoms with E-state index in [1.54, 1.807) is 13.2 Å². The van der Waals surface area contributed by atoms with E-state index in [0.717, 1.165) is 31.2 Å². The summed E-state index contributed by atoms with van der Waals surface area (Å²) < 4.78 is 18.3. The van der Waals surface area contributed by atoms with Gasteiger partial charge in [0.2, 0.25) is 0 Å². The highest BCUT2D eigenvalue weighted by molar-refractivity contribution is 5.75. The van der Waals surface area contributed by atoms with Gasteiger partial charge in [-0.2, -0.15) is 0 Å². The topological polar surface area (TPSA) is 50.4 Å². The number of rotatable bonds is 5. The van der Waals surface area contributed by atoms with E-state index in [1.165, 1.54) is 12.1 Å². The summed E-state index contributed by atoms with van der Waals surface area (Å²) in [6, 6.07) is 6.28. The van der Waals surface area contributed by atoms with Crippen LogP contribution in [0, 0.1) is 5.82 Å². The van der Waals surface area contributed by atoms with Gasteiger partial charge in [0.15, 0.2) is 0 Å². The lowest BCUT2D eigenvalue weighted by molar-refractivity contribution is 0.192.